The Balaban J connectivity index is 1.48. The number of ether oxygens (including phenoxy) is 1. The molecular formula is C22H28N4O2S. The van der Waals surface area contributed by atoms with Crippen molar-refractivity contribution in [2.45, 2.75) is 56.4 Å². The molecule has 0 aliphatic carbocycles. The molecule has 1 saturated heterocycles. The van der Waals surface area contributed by atoms with E-state index in [1.807, 2.05) is 6.07 Å². The van der Waals surface area contributed by atoms with E-state index in [0.717, 1.165) is 61.4 Å². The average molecular weight is 413 g/mol. The lowest BCUT2D eigenvalue weighted by Crippen LogP contribution is -2.23. The molecule has 6 nitrogen and oxygen atoms in total. The van der Waals surface area contributed by atoms with Crippen LogP contribution in [0.4, 0.5) is 0 Å². The van der Waals surface area contributed by atoms with Crippen LogP contribution < -0.4 is 0 Å². The third-order valence-electron chi connectivity index (χ3n) is 5.27. The number of furan rings is 1. The molecule has 29 heavy (non-hydrogen) atoms. The van der Waals surface area contributed by atoms with E-state index >= 15 is 0 Å². The van der Waals surface area contributed by atoms with E-state index < -0.39 is 0 Å². The fourth-order valence-electron chi connectivity index (χ4n) is 3.62. The number of nitrogens with zero attached hydrogens (tertiary/aromatic N) is 4. The van der Waals surface area contributed by atoms with Gasteiger partial charge in [0.25, 0.3) is 0 Å². The van der Waals surface area contributed by atoms with Gasteiger partial charge in [0.15, 0.2) is 5.16 Å². The van der Waals surface area contributed by atoms with Crippen molar-refractivity contribution in [1.82, 2.24) is 19.7 Å². The molecule has 154 valence electrons. The van der Waals surface area contributed by atoms with E-state index in [2.05, 4.69) is 57.9 Å². The molecule has 1 atom stereocenters. The second-order valence-electron chi connectivity index (χ2n) is 7.66. The predicted molar refractivity (Wildman–Crippen MR) is 114 cm³/mol. The van der Waals surface area contributed by atoms with Crippen molar-refractivity contribution in [2.24, 2.45) is 0 Å². The van der Waals surface area contributed by atoms with Crippen LogP contribution in [-0.2, 0) is 30.1 Å². The summed E-state index contributed by atoms with van der Waals surface area (Å²) < 4.78 is 13.3. The Morgan fingerprint density at radius 2 is 2.10 bits per heavy atom. The molecular weight excluding hydrogens is 384 g/mol. The smallest absolute Gasteiger partial charge is 0.191 e. The van der Waals surface area contributed by atoms with Gasteiger partial charge in [0.1, 0.15) is 5.82 Å². The number of hydrogen-bond donors (Lipinski definition) is 0. The normalized spacial score (nSPS) is 16.7. The Kier molecular flexibility index (Phi) is 6.69. The Bertz CT molecular complexity index is 903. The van der Waals surface area contributed by atoms with Gasteiger partial charge < -0.3 is 13.7 Å². The van der Waals surface area contributed by atoms with Crippen LogP contribution in [0.5, 0.6) is 0 Å². The highest BCUT2D eigenvalue weighted by Gasteiger charge is 2.22. The first-order chi connectivity index (χ1) is 14.2. The summed E-state index contributed by atoms with van der Waals surface area (Å²) in [6.45, 7) is 5.38. The predicted octanol–water partition coefficient (Wildman–Crippen LogP) is 4.28. The van der Waals surface area contributed by atoms with Crippen LogP contribution in [0.25, 0.3) is 0 Å². The molecule has 1 fully saturated rings. The van der Waals surface area contributed by atoms with Crippen molar-refractivity contribution in [1.29, 1.82) is 0 Å². The van der Waals surface area contributed by atoms with Gasteiger partial charge in [-0.3, -0.25) is 4.90 Å². The van der Waals surface area contributed by atoms with E-state index in [1.165, 1.54) is 11.1 Å². The molecule has 0 N–H and O–H groups in total. The van der Waals surface area contributed by atoms with Gasteiger partial charge in [-0.25, -0.2) is 0 Å². The van der Waals surface area contributed by atoms with Crippen LogP contribution in [-0.4, -0.2) is 39.4 Å². The first-order valence-corrected chi connectivity index (χ1v) is 11.1. The summed E-state index contributed by atoms with van der Waals surface area (Å²) in [6.07, 6.45) is 5.99. The van der Waals surface area contributed by atoms with Gasteiger partial charge in [0, 0.05) is 24.5 Å². The van der Waals surface area contributed by atoms with Crippen molar-refractivity contribution in [3.8, 4) is 0 Å². The molecule has 1 aromatic carbocycles. The molecule has 4 rings (SSSR count). The molecule has 0 unspecified atom stereocenters. The van der Waals surface area contributed by atoms with Crippen molar-refractivity contribution < 1.29 is 9.15 Å². The lowest BCUT2D eigenvalue weighted by Gasteiger charge is -2.18. The fourth-order valence-corrected chi connectivity index (χ4v) is 4.67. The van der Waals surface area contributed by atoms with Gasteiger partial charge in [-0.15, -0.1) is 10.2 Å². The zero-order valence-corrected chi connectivity index (χ0v) is 17.9. The van der Waals surface area contributed by atoms with Crippen molar-refractivity contribution >= 4 is 11.8 Å². The van der Waals surface area contributed by atoms with E-state index in [0.29, 0.717) is 0 Å². The minimum atomic E-state index is 0.252. The number of hydrogen-bond acceptors (Lipinski definition) is 6. The van der Waals surface area contributed by atoms with Crippen molar-refractivity contribution in [3.63, 3.8) is 0 Å². The molecule has 0 amide bonds. The average Bonchev–Trinajstić information content (AvgIpc) is 3.46. The number of rotatable bonds is 9. The maximum atomic E-state index is 5.90. The van der Waals surface area contributed by atoms with Crippen LogP contribution >= 0.6 is 11.8 Å². The first-order valence-electron chi connectivity index (χ1n) is 10.1. The summed E-state index contributed by atoms with van der Waals surface area (Å²) in [4.78, 5) is 2.23. The van der Waals surface area contributed by atoms with Crippen LogP contribution in [0, 0.1) is 6.92 Å². The Morgan fingerprint density at radius 1 is 1.21 bits per heavy atom. The molecule has 3 heterocycles. The highest BCUT2D eigenvalue weighted by molar-refractivity contribution is 7.98. The molecule has 0 saturated carbocycles. The Hall–Kier alpha value is -2.09. The Morgan fingerprint density at radius 3 is 2.86 bits per heavy atom. The van der Waals surface area contributed by atoms with E-state index in [4.69, 9.17) is 9.15 Å². The number of aromatic nitrogens is 3. The summed E-state index contributed by atoms with van der Waals surface area (Å²) in [5.74, 6) is 1.88. The minimum Gasteiger partial charge on any atom is -0.472 e. The van der Waals surface area contributed by atoms with Crippen LogP contribution in [0.2, 0.25) is 0 Å². The van der Waals surface area contributed by atoms with Gasteiger partial charge in [-0.05, 0) is 44.0 Å². The highest BCUT2D eigenvalue weighted by atomic mass is 32.2. The van der Waals surface area contributed by atoms with Crippen molar-refractivity contribution in [2.75, 3.05) is 13.7 Å². The molecule has 3 aromatic rings. The van der Waals surface area contributed by atoms with Gasteiger partial charge in [0.2, 0.25) is 0 Å². The number of thioether (sulfide) groups is 1. The van der Waals surface area contributed by atoms with E-state index in [9.17, 15) is 0 Å². The third-order valence-corrected chi connectivity index (χ3v) is 6.28. The summed E-state index contributed by atoms with van der Waals surface area (Å²) >= 11 is 1.75. The number of aryl methyl sites for hydroxylation is 1. The molecule has 1 aliphatic heterocycles. The lowest BCUT2D eigenvalue weighted by molar-refractivity contribution is 0.0934. The highest BCUT2D eigenvalue weighted by Crippen LogP contribution is 2.26. The van der Waals surface area contributed by atoms with Crippen LogP contribution in [0.3, 0.4) is 0 Å². The summed E-state index contributed by atoms with van der Waals surface area (Å²) in [7, 11) is 2.10. The first kappa shape index (κ1) is 20.2. The molecule has 2 aromatic heterocycles. The Labute approximate surface area is 176 Å². The SMILES string of the molecule is Cc1ccccc1CSc1nnc(CN(C)Cc2ccoc2)n1C[C@@H]1CCCO1. The van der Waals surface area contributed by atoms with Gasteiger partial charge in [-0.2, -0.15) is 0 Å². The van der Waals surface area contributed by atoms with Crippen molar-refractivity contribution in [3.05, 3.63) is 65.4 Å². The molecule has 7 heteroatoms. The standard InChI is InChI=1S/C22H28N4O2S/c1-17-6-3-4-7-19(17)16-29-22-24-23-21(26(22)13-20-8-5-10-28-20)14-25(2)12-18-9-11-27-15-18/h3-4,6-7,9,11,15,20H,5,8,10,12-14,16H2,1-2H3/t20-/m0/s1. The summed E-state index contributed by atoms with van der Waals surface area (Å²) in [5, 5.41) is 10.0. The topological polar surface area (TPSA) is 56.3 Å². The number of benzene rings is 1. The zero-order valence-electron chi connectivity index (χ0n) is 17.1. The van der Waals surface area contributed by atoms with E-state index in [-0.39, 0.29) is 6.10 Å². The maximum absolute atomic E-state index is 5.90. The maximum Gasteiger partial charge on any atom is 0.191 e. The van der Waals surface area contributed by atoms with Crippen LogP contribution in [0.15, 0.2) is 52.4 Å². The van der Waals surface area contributed by atoms with Gasteiger partial charge in [0.05, 0.1) is 31.7 Å². The quantitative estimate of drug-likeness (QED) is 0.489. The zero-order chi connectivity index (χ0) is 20.1. The lowest BCUT2D eigenvalue weighted by atomic mass is 10.1. The molecule has 1 aliphatic rings. The van der Waals surface area contributed by atoms with Crippen LogP contribution in [0.1, 0.15) is 35.4 Å². The fraction of sp³-hybridized carbons (Fsp3) is 0.455. The second kappa shape index (κ2) is 9.61. The molecule has 0 spiro atoms. The minimum absolute atomic E-state index is 0.252. The monoisotopic (exact) mass is 412 g/mol. The summed E-state index contributed by atoms with van der Waals surface area (Å²) in [6, 6.07) is 10.5. The van der Waals surface area contributed by atoms with Gasteiger partial charge in [-0.1, -0.05) is 36.0 Å². The largest absolute Gasteiger partial charge is 0.472 e. The third kappa shape index (κ3) is 5.29. The second-order valence-corrected chi connectivity index (χ2v) is 8.61. The molecule has 0 bridgehead atoms. The van der Waals surface area contributed by atoms with Gasteiger partial charge >= 0.3 is 0 Å². The van der Waals surface area contributed by atoms with E-state index in [1.54, 1.807) is 24.3 Å². The molecule has 0 radical (unpaired) electrons. The summed E-state index contributed by atoms with van der Waals surface area (Å²) in [5.41, 5.74) is 3.81.